The van der Waals surface area contributed by atoms with Gasteiger partial charge < -0.3 is 10.6 Å². The lowest BCUT2D eigenvalue weighted by atomic mass is 10.1. The quantitative estimate of drug-likeness (QED) is 0.863. The molecule has 0 spiro atoms. The van der Waals surface area contributed by atoms with E-state index in [1.807, 2.05) is 4.90 Å². The predicted octanol–water partition coefficient (Wildman–Crippen LogP) is 1.93. The number of primary amides is 1. The van der Waals surface area contributed by atoms with Crippen LogP contribution in [0.2, 0.25) is 0 Å². The highest BCUT2D eigenvalue weighted by molar-refractivity contribution is 5.95. The van der Waals surface area contributed by atoms with Gasteiger partial charge in [-0.1, -0.05) is 27.7 Å². The highest BCUT2D eigenvalue weighted by Crippen LogP contribution is 2.10. The smallest absolute Gasteiger partial charge is 0.267 e. The molecule has 1 heterocycles. The molecule has 0 unspecified atom stereocenters. The van der Waals surface area contributed by atoms with Gasteiger partial charge in [-0.05, 0) is 24.0 Å². The maximum absolute atomic E-state index is 12.5. The summed E-state index contributed by atoms with van der Waals surface area (Å²) in [4.78, 5) is 29.2. The lowest BCUT2D eigenvalue weighted by molar-refractivity contribution is 0.0714. The number of nitrogens with zero attached hydrogens (tertiary/aromatic N) is 2. The fourth-order valence-corrected chi connectivity index (χ4v) is 1.97. The standard InChI is InChI=1S/C15H23N3O2/c1-10(2)8-18(9-11(3)4)15(20)12-5-6-13(14(16)19)17-7-12/h5-7,10-11H,8-9H2,1-4H3,(H2,16,19). The first-order valence-electron chi connectivity index (χ1n) is 6.86. The van der Waals surface area contributed by atoms with Crippen LogP contribution in [-0.4, -0.2) is 34.8 Å². The van der Waals surface area contributed by atoms with E-state index in [1.54, 1.807) is 6.07 Å². The third-order valence-electron chi connectivity index (χ3n) is 2.72. The molecular weight excluding hydrogens is 254 g/mol. The average Bonchev–Trinajstić information content (AvgIpc) is 2.36. The fourth-order valence-electron chi connectivity index (χ4n) is 1.97. The second-order valence-corrected chi connectivity index (χ2v) is 5.79. The Bertz CT molecular complexity index is 457. The van der Waals surface area contributed by atoms with Gasteiger partial charge >= 0.3 is 0 Å². The molecule has 5 heteroatoms. The minimum absolute atomic E-state index is 0.0593. The highest BCUT2D eigenvalue weighted by atomic mass is 16.2. The van der Waals surface area contributed by atoms with Gasteiger partial charge in [-0.25, -0.2) is 0 Å². The van der Waals surface area contributed by atoms with E-state index in [9.17, 15) is 9.59 Å². The first-order chi connectivity index (χ1) is 9.31. The zero-order chi connectivity index (χ0) is 15.3. The van der Waals surface area contributed by atoms with E-state index >= 15 is 0 Å². The van der Waals surface area contributed by atoms with Gasteiger partial charge in [0.05, 0.1) is 5.56 Å². The average molecular weight is 277 g/mol. The van der Waals surface area contributed by atoms with Gasteiger partial charge in [0, 0.05) is 19.3 Å². The van der Waals surface area contributed by atoms with Crippen LogP contribution in [0.1, 0.15) is 48.5 Å². The monoisotopic (exact) mass is 277 g/mol. The molecule has 0 radical (unpaired) electrons. The number of hydrogen-bond donors (Lipinski definition) is 1. The molecule has 110 valence electrons. The Morgan fingerprint density at radius 1 is 1.15 bits per heavy atom. The van der Waals surface area contributed by atoms with Gasteiger partial charge in [-0.2, -0.15) is 0 Å². The minimum atomic E-state index is -0.592. The Morgan fingerprint density at radius 3 is 2.05 bits per heavy atom. The fraction of sp³-hybridized carbons (Fsp3) is 0.533. The van der Waals surface area contributed by atoms with E-state index < -0.39 is 5.91 Å². The SMILES string of the molecule is CC(C)CN(CC(C)C)C(=O)c1ccc(C(N)=O)nc1. The Balaban J connectivity index is 2.90. The van der Waals surface area contributed by atoms with Crippen LogP contribution in [0.4, 0.5) is 0 Å². The van der Waals surface area contributed by atoms with Crippen molar-refractivity contribution in [3.63, 3.8) is 0 Å². The highest BCUT2D eigenvalue weighted by Gasteiger charge is 2.18. The first-order valence-corrected chi connectivity index (χ1v) is 6.86. The molecular formula is C15H23N3O2. The molecule has 1 aromatic rings. The number of hydrogen-bond acceptors (Lipinski definition) is 3. The number of pyridine rings is 1. The molecule has 0 saturated heterocycles. The largest absolute Gasteiger partial charge is 0.364 e. The molecule has 1 aromatic heterocycles. The first kappa shape index (κ1) is 16.1. The number of nitrogens with two attached hydrogens (primary N) is 1. The zero-order valence-electron chi connectivity index (χ0n) is 12.6. The van der Waals surface area contributed by atoms with Crippen molar-refractivity contribution in [1.29, 1.82) is 0 Å². The lowest BCUT2D eigenvalue weighted by Gasteiger charge is -2.26. The van der Waals surface area contributed by atoms with Crippen molar-refractivity contribution in [1.82, 2.24) is 9.88 Å². The molecule has 0 bridgehead atoms. The summed E-state index contributed by atoms with van der Waals surface area (Å²) in [6.07, 6.45) is 1.41. The Morgan fingerprint density at radius 2 is 1.70 bits per heavy atom. The van der Waals surface area contributed by atoms with Crippen LogP contribution in [0, 0.1) is 11.8 Å². The van der Waals surface area contributed by atoms with Crippen LogP contribution in [0.25, 0.3) is 0 Å². The Labute approximate surface area is 120 Å². The second kappa shape index (κ2) is 7.03. The molecule has 0 aromatic carbocycles. The summed E-state index contributed by atoms with van der Waals surface area (Å²) in [5.74, 6) is 0.146. The van der Waals surface area contributed by atoms with E-state index in [1.165, 1.54) is 12.3 Å². The normalized spacial score (nSPS) is 10.9. The van der Waals surface area contributed by atoms with Gasteiger partial charge in [0.2, 0.25) is 0 Å². The predicted molar refractivity (Wildman–Crippen MR) is 78.3 cm³/mol. The number of aromatic nitrogens is 1. The van der Waals surface area contributed by atoms with Crippen LogP contribution < -0.4 is 5.73 Å². The topological polar surface area (TPSA) is 76.3 Å². The van der Waals surface area contributed by atoms with Crippen molar-refractivity contribution in [3.05, 3.63) is 29.6 Å². The summed E-state index contributed by atoms with van der Waals surface area (Å²) in [5.41, 5.74) is 5.78. The van der Waals surface area contributed by atoms with Crippen LogP contribution in [-0.2, 0) is 0 Å². The van der Waals surface area contributed by atoms with E-state index in [0.717, 1.165) is 0 Å². The van der Waals surface area contributed by atoms with Crippen LogP contribution in [0.3, 0.4) is 0 Å². The van der Waals surface area contributed by atoms with Crippen molar-refractivity contribution in [2.75, 3.05) is 13.1 Å². The van der Waals surface area contributed by atoms with Crippen LogP contribution >= 0.6 is 0 Å². The Kier molecular flexibility index (Phi) is 5.67. The van der Waals surface area contributed by atoms with Gasteiger partial charge in [-0.3, -0.25) is 14.6 Å². The summed E-state index contributed by atoms with van der Waals surface area (Å²) in [7, 11) is 0. The maximum atomic E-state index is 12.5. The maximum Gasteiger partial charge on any atom is 0.267 e. The molecule has 20 heavy (non-hydrogen) atoms. The van der Waals surface area contributed by atoms with E-state index in [2.05, 4.69) is 32.7 Å². The molecule has 0 saturated carbocycles. The Hall–Kier alpha value is -1.91. The lowest BCUT2D eigenvalue weighted by Crippen LogP contribution is -2.37. The van der Waals surface area contributed by atoms with E-state index in [-0.39, 0.29) is 11.6 Å². The number of carbonyl (C=O) groups excluding carboxylic acids is 2. The number of rotatable bonds is 6. The van der Waals surface area contributed by atoms with E-state index in [0.29, 0.717) is 30.5 Å². The summed E-state index contributed by atoms with van der Waals surface area (Å²) in [6.45, 7) is 9.72. The zero-order valence-corrected chi connectivity index (χ0v) is 12.6. The van der Waals surface area contributed by atoms with Crippen molar-refractivity contribution >= 4 is 11.8 Å². The molecule has 0 aliphatic rings. The van der Waals surface area contributed by atoms with Gasteiger partial charge in [0.1, 0.15) is 5.69 Å². The third-order valence-corrected chi connectivity index (χ3v) is 2.72. The van der Waals surface area contributed by atoms with Crippen molar-refractivity contribution in [3.8, 4) is 0 Å². The van der Waals surface area contributed by atoms with Crippen molar-refractivity contribution in [2.45, 2.75) is 27.7 Å². The molecule has 0 fully saturated rings. The second-order valence-electron chi connectivity index (χ2n) is 5.79. The van der Waals surface area contributed by atoms with Gasteiger partial charge in [0.25, 0.3) is 11.8 Å². The summed E-state index contributed by atoms with van der Waals surface area (Å²) in [5, 5.41) is 0. The summed E-state index contributed by atoms with van der Waals surface area (Å²) < 4.78 is 0. The summed E-state index contributed by atoms with van der Waals surface area (Å²) >= 11 is 0. The van der Waals surface area contributed by atoms with Crippen LogP contribution in [0.5, 0.6) is 0 Å². The van der Waals surface area contributed by atoms with Crippen molar-refractivity contribution < 1.29 is 9.59 Å². The number of carbonyl (C=O) groups is 2. The van der Waals surface area contributed by atoms with Crippen LogP contribution in [0.15, 0.2) is 18.3 Å². The third kappa shape index (κ3) is 4.64. The van der Waals surface area contributed by atoms with Gasteiger partial charge in [0.15, 0.2) is 0 Å². The molecule has 0 atom stereocenters. The van der Waals surface area contributed by atoms with Gasteiger partial charge in [-0.15, -0.1) is 0 Å². The molecule has 1 rings (SSSR count). The van der Waals surface area contributed by atoms with E-state index in [4.69, 9.17) is 5.73 Å². The molecule has 2 N–H and O–H groups in total. The summed E-state index contributed by atoms with van der Waals surface area (Å²) in [6, 6.07) is 3.08. The molecule has 2 amide bonds. The molecule has 0 aliphatic carbocycles. The minimum Gasteiger partial charge on any atom is -0.364 e. The van der Waals surface area contributed by atoms with Crippen molar-refractivity contribution in [2.24, 2.45) is 17.6 Å². The number of amides is 2. The molecule has 5 nitrogen and oxygen atoms in total. The molecule has 0 aliphatic heterocycles.